The van der Waals surface area contributed by atoms with E-state index >= 15 is 0 Å². The molecule has 1 saturated carbocycles. The number of amides is 2. The number of alkyl halides is 3. The summed E-state index contributed by atoms with van der Waals surface area (Å²) in [7, 11) is 0. The van der Waals surface area contributed by atoms with Crippen LogP contribution in [0.25, 0.3) is 0 Å². The van der Waals surface area contributed by atoms with Crippen molar-refractivity contribution in [1.29, 1.82) is 0 Å². The van der Waals surface area contributed by atoms with Crippen LogP contribution in [0.3, 0.4) is 0 Å². The summed E-state index contributed by atoms with van der Waals surface area (Å²) in [5, 5.41) is 2.81. The zero-order valence-electron chi connectivity index (χ0n) is 21.6. The van der Waals surface area contributed by atoms with Gasteiger partial charge in [0.2, 0.25) is 11.8 Å². The summed E-state index contributed by atoms with van der Waals surface area (Å²) in [4.78, 5) is 31.9. The Kier molecular flexibility index (Phi) is 8.25. The lowest BCUT2D eigenvalue weighted by Crippen LogP contribution is -2.52. The van der Waals surface area contributed by atoms with E-state index in [1.54, 1.807) is 18.2 Å². The number of halogens is 3. The largest absolute Gasteiger partial charge is 0.480 e. The number of carbonyl (C=O) groups excluding carboxylic acids is 2. The molecule has 7 nitrogen and oxygen atoms in total. The number of fused-ring (bicyclic) bond motifs is 1. The van der Waals surface area contributed by atoms with Crippen molar-refractivity contribution >= 4 is 17.8 Å². The number of nitrogens with zero attached hydrogens (tertiary/aromatic N) is 2. The van der Waals surface area contributed by atoms with Gasteiger partial charge in [0.1, 0.15) is 5.75 Å². The highest BCUT2D eigenvalue weighted by molar-refractivity contribution is 5.99. The number of benzene rings is 1. The molecule has 0 saturated heterocycles. The zero-order chi connectivity index (χ0) is 26.8. The van der Waals surface area contributed by atoms with Gasteiger partial charge in [0.25, 0.3) is 0 Å². The molecule has 3 N–H and O–H groups in total. The predicted octanol–water partition coefficient (Wildman–Crippen LogP) is 4.57. The number of nitrogens with two attached hydrogens (primary N) is 1. The molecule has 3 unspecified atom stereocenters. The lowest BCUT2D eigenvalue weighted by atomic mass is 9.88. The number of guanidine groups is 1. The summed E-state index contributed by atoms with van der Waals surface area (Å²) in [6.45, 7) is 10.1. The van der Waals surface area contributed by atoms with Crippen LogP contribution in [-0.4, -0.2) is 47.0 Å². The minimum atomic E-state index is -4.54. The maximum Gasteiger partial charge on any atom is 0.425 e. The van der Waals surface area contributed by atoms with Crippen LogP contribution >= 0.6 is 0 Å². The van der Waals surface area contributed by atoms with E-state index < -0.39 is 36.2 Å². The smallest absolute Gasteiger partial charge is 0.425 e. The van der Waals surface area contributed by atoms with Crippen LogP contribution < -0.4 is 15.8 Å². The van der Waals surface area contributed by atoms with Gasteiger partial charge in [0.15, 0.2) is 12.1 Å². The Labute approximate surface area is 210 Å². The van der Waals surface area contributed by atoms with Crippen LogP contribution in [0.1, 0.15) is 71.9 Å². The maximum atomic E-state index is 13.4. The minimum absolute atomic E-state index is 0.0295. The molecule has 5 atom stereocenters. The van der Waals surface area contributed by atoms with Crippen LogP contribution in [0.2, 0.25) is 0 Å². The molecule has 2 heterocycles. The first-order valence-corrected chi connectivity index (χ1v) is 12.8. The quantitative estimate of drug-likeness (QED) is 0.586. The second-order valence-corrected chi connectivity index (χ2v) is 9.61. The van der Waals surface area contributed by atoms with Crippen molar-refractivity contribution in [1.82, 2.24) is 10.2 Å². The van der Waals surface area contributed by atoms with Crippen LogP contribution in [0.5, 0.6) is 5.75 Å². The van der Waals surface area contributed by atoms with Gasteiger partial charge in [-0.2, -0.15) is 13.2 Å². The van der Waals surface area contributed by atoms with E-state index in [-0.39, 0.29) is 48.3 Å². The molecule has 10 heteroatoms. The van der Waals surface area contributed by atoms with Crippen molar-refractivity contribution < 1.29 is 27.5 Å². The van der Waals surface area contributed by atoms with Crippen LogP contribution in [0.4, 0.5) is 13.2 Å². The van der Waals surface area contributed by atoms with Crippen molar-refractivity contribution in [2.24, 2.45) is 28.5 Å². The predicted molar refractivity (Wildman–Crippen MR) is 131 cm³/mol. The van der Waals surface area contributed by atoms with Crippen molar-refractivity contribution in [3.63, 3.8) is 0 Å². The second kappa shape index (κ2) is 10.7. The molecule has 0 spiro atoms. The Bertz CT molecular complexity index is 993. The molecule has 4 rings (SSSR count). The highest BCUT2D eigenvalue weighted by atomic mass is 19.4. The molecule has 0 bridgehead atoms. The standard InChI is InChI=1S/C24H31F3N4O3.C2H6/c1-4-23(5-2)11-19(32)31(22(28)30-23)12-15-13(3)20(15)21(33)29-16-10-18(24(25,26)27)34-17-9-7-6-8-14(16)17;1-2/h6-9,13,15-16,18,20H,4-5,10-12H2,1-3H3,(H2,28,30)(H,29,33);1-2H3/t13?,15-,16-,18?,20?;/m0./s1. The van der Waals surface area contributed by atoms with E-state index in [1.807, 2.05) is 34.6 Å². The number of rotatable bonds is 6. The van der Waals surface area contributed by atoms with Gasteiger partial charge in [0, 0.05) is 24.4 Å². The monoisotopic (exact) mass is 510 g/mol. The van der Waals surface area contributed by atoms with Crippen LogP contribution in [-0.2, 0) is 9.59 Å². The lowest BCUT2D eigenvalue weighted by molar-refractivity contribution is -0.201. The molecule has 0 radical (unpaired) electrons. The number of para-hydroxylation sites is 1. The van der Waals surface area contributed by atoms with Crippen molar-refractivity contribution in [2.75, 3.05) is 6.54 Å². The van der Waals surface area contributed by atoms with Gasteiger partial charge in [-0.3, -0.25) is 14.5 Å². The first-order chi connectivity index (χ1) is 17.0. The molecule has 2 aliphatic heterocycles. The molecule has 2 amide bonds. The molecule has 1 fully saturated rings. The molecule has 36 heavy (non-hydrogen) atoms. The summed E-state index contributed by atoms with van der Waals surface area (Å²) in [5.74, 6) is -0.717. The topological polar surface area (TPSA) is 97.0 Å². The molecule has 0 aromatic heterocycles. The normalized spacial score (nSPS) is 28.7. The molecular weight excluding hydrogens is 473 g/mol. The number of ether oxygens (including phenoxy) is 1. The van der Waals surface area contributed by atoms with E-state index in [2.05, 4.69) is 10.3 Å². The van der Waals surface area contributed by atoms with E-state index in [0.29, 0.717) is 18.4 Å². The fourth-order valence-corrected chi connectivity index (χ4v) is 5.19. The Balaban J connectivity index is 0.00000176. The Morgan fingerprint density at radius 1 is 1.25 bits per heavy atom. The fraction of sp³-hybridized carbons (Fsp3) is 0.654. The number of nitrogens with one attached hydrogen (secondary N) is 1. The van der Waals surface area contributed by atoms with Gasteiger partial charge >= 0.3 is 6.18 Å². The van der Waals surface area contributed by atoms with E-state index in [0.717, 1.165) is 0 Å². The Morgan fingerprint density at radius 3 is 2.47 bits per heavy atom. The summed E-state index contributed by atoms with van der Waals surface area (Å²) in [6.07, 6.45) is -5.22. The molecule has 1 aliphatic carbocycles. The van der Waals surface area contributed by atoms with Gasteiger partial charge in [-0.05, 0) is 30.7 Å². The fourth-order valence-electron chi connectivity index (χ4n) is 5.19. The highest BCUT2D eigenvalue weighted by Gasteiger charge is 2.54. The lowest BCUT2D eigenvalue weighted by Gasteiger charge is -2.36. The number of hydrogen-bond donors (Lipinski definition) is 2. The SMILES string of the molecule is CC.CCC1(CC)CC(=O)N(C[C@H]2C(C)C2C(=O)N[C@H]2CC(C(F)(F)F)Oc3ccccc32)C(N)=N1. The van der Waals surface area contributed by atoms with Gasteiger partial charge in [-0.25, -0.2) is 4.99 Å². The summed E-state index contributed by atoms with van der Waals surface area (Å²) in [5.41, 5.74) is 6.18. The third-order valence-electron chi connectivity index (χ3n) is 7.68. The third kappa shape index (κ3) is 5.47. The summed E-state index contributed by atoms with van der Waals surface area (Å²) < 4.78 is 45.3. The van der Waals surface area contributed by atoms with Gasteiger partial charge < -0.3 is 15.8 Å². The van der Waals surface area contributed by atoms with Crippen molar-refractivity contribution in [2.45, 2.75) is 84.2 Å². The number of hydrogen-bond acceptors (Lipinski definition) is 5. The van der Waals surface area contributed by atoms with Crippen LogP contribution in [0, 0.1) is 17.8 Å². The molecule has 1 aromatic rings. The first-order valence-electron chi connectivity index (χ1n) is 12.8. The Hall–Kier alpha value is -2.78. The second-order valence-electron chi connectivity index (χ2n) is 9.61. The molecule has 200 valence electrons. The van der Waals surface area contributed by atoms with Gasteiger partial charge in [-0.15, -0.1) is 0 Å². The summed E-state index contributed by atoms with van der Waals surface area (Å²) >= 11 is 0. The molecule has 1 aromatic carbocycles. The van der Waals surface area contributed by atoms with Gasteiger partial charge in [-0.1, -0.05) is 52.8 Å². The maximum absolute atomic E-state index is 13.4. The van der Waals surface area contributed by atoms with Crippen LogP contribution in [0.15, 0.2) is 29.3 Å². The average Bonchev–Trinajstić information content (AvgIpc) is 3.50. The minimum Gasteiger partial charge on any atom is -0.480 e. The summed E-state index contributed by atoms with van der Waals surface area (Å²) in [6, 6.07) is 5.64. The molecular formula is C26H37F3N4O3. The van der Waals surface area contributed by atoms with Crippen molar-refractivity contribution in [3.05, 3.63) is 29.8 Å². The zero-order valence-corrected chi connectivity index (χ0v) is 21.6. The molecule has 3 aliphatic rings. The number of aliphatic imine (C=N–C) groups is 1. The first kappa shape index (κ1) is 27.8. The van der Waals surface area contributed by atoms with E-state index in [9.17, 15) is 22.8 Å². The average molecular weight is 511 g/mol. The van der Waals surface area contributed by atoms with Gasteiger partial charge in [0.05, 0.1) is 18.0 Å². The van der Waals surface area contributed by atoms with E-state index in [4.69, 9.17) is 10.5 Å². The third-order valence-corrected chi connectivity index (χ3v) is 7.68. The van der Waals surface area contributed by atoms with E-state index in [1.165, 1.54) is 11.0 Å². The number of carbonyl (C=O) groups is 2. The highest BCUT2D eigenvalue weighted by Crippen LogP contribution is 2.48. The Morgan fingerprint density at radius 2 is 1.89 bits per heavy atom. The van der Waals surface area contributed by atoms with Crippen molar-refractivity contribution in [3.8, 4) is 5.75 Å².